The summed E-state index contributed by atoms with van der Waals surface area (Å²) in [6, 6.07) is 9.79. The second-order valence-corrected chi connectivity index (χ2v) is 8.03. The van der Waals surface area contributed by atoms with Crippen molar-refractivity contribution in [3.8, 4) is 5.69 Å². The molecule has 1 aromatic carbocycles. The average molecular weight is 522 g/mol. The molecule has 0 radical (unpaired) electrons. The summed E-state index contributed by atoms with van der Waals surface area (Å²) in [6.45, 7) is 7.65. The molecule has 3 aromatic rings. The van der Waals surface area contributed by atoms with Gasteiger partial charge >= 0.3 is 0 Å². The van der Waals surface area contributed by atoms with E-state index in [0.29, 0.717) is 5.02 Å². The molecule has 7 nitrogen and oxygen atoms in total. The molecule has 2 aliphatic rings. The van der Waals surface area contributed by atoms with Crippen molar-refractivity contribution in [1.82, 2.24) is 25.0 Å². The molecule has 0 saturated carbocycles. The van der Waals surface area contributed by atoms with E-state index in [0.717, 1.165) is 74.8 Å². The van der Waals surface area contributed by atoms with Crippen LogP contribution in [0.5, 0.6) is 0 Å². The Hall–Kier alpha value is -1.32. The van der Waals surface area contributed by atoms with Gasteiger partial charge in [0.15, 0.2) is 5.82 Å². The highest BCUT2D eigenvalue weighted by atomic mass is 35.5. The van der Waals surface area contributed by atoms with Crippen LogP contribution in [-0.2, 0) is 4.74 Å². The van der Waals surface area contributed by atoms with Crippen molar-refractivity contribution in [2.24, 2.45) is 0 Å². The average Bonchev–Trinajstić information content (AvgIpc) is 3.15. The van der Waals surface area contributed by atoms with Crippen molar-refractivity contribution in [2.75, 3.05) is 57.3 Å². The Kier molecular flexibility index (Phi) is 10.3. The number of nitrogens with one attached hydrogen (secondary N) is 1. The Morgan fingerprint density at radius 1 is 1.03 bits per heavy atom. The molecule has 32 heavy (non-hydrogen) atoms. The first-order valence-corrected chi connectivity index (χ1v) is 10.5. The first kappa shape index (κ1) is 26.9. The molecule has 1 atom stereocenters. The van der Waals surface area contributed by atoms with Crippen molar-refractivity contribution < 1.29 is 4.74 Å². The van der Waals surface area contributed by atoms with Crippen LogP contribution < -0.4 is 10.2 Å². The fourth-order valence-corrected chi connectivity index (χ4v) is 4.29. The molecule has 0 spiro atoms. The highest BCUT2D eigenvalue weighted by molar-refractivity contribution is 6.30. The first-order chi connectivity index (χ1) is 14.3. The number of fused-ring (bicyclic) bond motifs is 1. The summed E-state index contributed by atoms with van der Waals surface area (Å²) in [5.74, 6) is 0.992. The van der Waals surface area contributed by atoms with Crippen molar-refractivity contribution in [2.45, 2.75) is 6.10 Å². The monoisotopic (exact) mass is 520 g/mol. The minimum atomic E-state index is 0. The summed E-state index contributed by atoms with van der Waals surface area (Å²) in [7, 11) is 0. The van der Waals surface area contributed by atoms with Crippen LogP contribution >= 0.6 is 48.8 Å². The SMILES string of the molecule is Cl.Cl.Cl.Clc1ccc(-n2nc(N3CCOC(CN4CCNCC4)C3)c3ccncc32)cc1. The molecular weight excluding hydrogens is 494 g/mol. The standard InChI is InChI=1S/C21H25ClN6O.3ClH/c22-16-1-3-17(4-2-16)28-20-13-24-6-5-19(20)21(25-28)27-11-12-29-18(15-27)14-26-9-7-23-8-10-26;;;/h1-6,13,18,23H,7-12,14-15H2;3*1H. The maximum absolute atomic E-state index is 6.08. The molecule has 0 bridgehead atoms. The Morgan fingerprint density at radius 2 is 1.78 bits per heavy atom. The zero-order valence-electron chi connectivity index (χ0n) is 17.5. The number of morpholine rings is 1. The van der Waals surface area contributed by atoms with Crippen LogP contribution in [0.15, 0.2) is 42.7 Å². The van der Waals surface area contributed by atoms with Gasteiger partial charge in [-0.25, -0.2) is 4.68 Å². The Morgan fingerprint density at radius 3 is 2.53 bits per heavy atom. The zero-order valence-corrected chi connectivity index (χ0v) is 20.7. The highest BCUT2D eigenvalue weighted by Gasteiger charge is 2.27. The molecule has 1 unspecified atom stereocenters. The number of anilines is 1. The van der Waals surface area contributed by atoms with Gasteiger partial charge in [-0.1, -0.05) is 11.6 Å². The summed E-state index contributed by atoms with van der Waals surface area (Å²) in [5, 5.41) is 10.2. The quantitative estimate of drug-likeness (QED) is 0.567. The predicted octanol–water partition coefficient (Wildman–Crippen LogP) is 3.45. The number of aromatic nitrogens is 3. The van der Waals surface area contributed by atoms with Crippen molar-refractivity contribution in [3.05, 3.63) is 47.7 Å². The molecule has 2 aromatic heterocycles. The number of halogens is 4. The third-order valence-electron chi connectivity index (χ3n) is 5.64. The number of piperazine rings is 1. The van der Waals surface area contributed by atoms with Gasteiger partial charge < -0.3 is 15.0 Å². The lowest BCUT2D eigenvalue weighted by Gasteiger charge is -2.37. The maximum atomic E-state index is 6.08. The number of hydrogen-bond donors (Lipinski definition) is 1. The molecule has 0 amide bonds. The first-order valence-electron chi connectivity index (χ1n) is 10.2. The smallest absolute Gasteiger partial charge is 0.159 e. The van der Waals surface area contributed by atoms with E-state index in [1.54, 1.807) is 0 Å². The van der Waals surface area contributed by atoms with E-state index in [9.17, 15) is 0 Å². The van der Waals surface area contributed by atoms with Crippen LogP contribution in [0.25, 0.3) is 16.6 Å². The number of pyridine rings is 1. The molecule has 4 heterocycles. The Balaban J connectivity index is 0.00000121. The van der Waals surface area contributed by atoms with Crippen LogP contribution in [0.3, 0.4) is 0 Å². The largest absolute Gasteiger partial charge is 0.373 e. The normalized spacial score (nSPS) is 19.0. The fraction of sp³-hybridized carbons (Fsp3) is 0.429. The van der Waals surface area contributed by atoms with Gasteiger partial charge in [0, 0.05) is 62.4 Å². The number of rotatable bonds is 4. The Labute approximate surface area is 211 Å². The van der Waals surface area contributed by atoms with Gasteiger partial charge in [-0.15, -0.1) is 42.3 Å². The van der Waals surface area contributed by atoms with Crippen LogP contribution in [0, 0.1) is 0 Å². The van der Waals surface area contributed by atoms with E-state index in [-0.39, 0.29) is 43.3 Å². The summed E-state index contributed by atoms with van der Waals surface area (Å²) in [6.07, 6.45) is 3.90. The van der Waals surface area contributed by atoms with Crippen LogP contribution in [0.2, 0.25) is 5.02 Å². The zero-order chi connectivity index (χ0) is 19.6. The predicted molar refractivity (Wildman–Crippen MR) is 137 cm³/mol. The lowest BCUT2D eigenvalue weighted by molar-refractivity contribution is 0.0133. The van der Waals surface area contributed by atoms with Crippen molar-refractivity contribution in [3.63, 3.8) is 0 Å². The lowest BCUT2D eigenvalue weighted by Crippen LogP contribution is -2.51. The van der Waals surface area contributed by atoms with Gasteiger partial charge in [0.2, 0.25) is 0 Å². The van der Waals surface area contributed by atoms with Gasteiger partial charge in [0.05, 0.1) is 30.1 Å². The summed E-state index contributed by atoms with van der Waals surface area (Å²) >= 11 is 6.07. The fourth-order valence-electron chi connectivity index (χ4n) is 4.16. The molecule has 2 saturated heterocycles. The topological polar surface area (TPSA) is 58.5 Å². The van der Waals surface area contributed by atoms with E-state index < -0.39 is 0 Å². The van der Waals surface area contributed by atoms with E-state index >= 15 is 0 Å². The number of benzene rings is 1. The third kappa shape index (κ3) is 5.78. The summed E-state index contributed by atoms with van der Waals surface area (Å²) < 4.78 is 8.04. The minimum Gasteiger partial charge on any atom is -0.373 e. The van der Waals surface area contributed by atoms with Gasteiger partial charge in [-0.2, -0.15) is 0 Å². The van der Waals surface area contributed by atoms with Gasteiger partial charge in [-0.3, -0.25) is 9.88 Å². The molecule has 5 rings (SSSR count). The minimum absolute atomic E-state index is 0. The van der Waals surface area contributed by atoms with Crippen LogP contribution in [0.4, 0.5) is 5.82 Å². The molecular formula is C21H28Cl4N6O. The Bertz CT molecular complexity index is 980. The summed E-state index contributed by atoms with van der Waals surface area (Å²) in [5.41, 5.74) is 1.97. The van der Waals surface area contributed by atoms with E-state index in [2.05, 4.69) is 20.1 Å². The van der Waals surface area contributed by atoms with Crippen molar-refractivity contribution >= 4 is 65.5 Å². The van der Waals surface area contributed by atoms with Gasteiger partial charge in [0.1, 0.15) is 0 Å². The van der Waals surface area contributed by atoms with Gasteiger partial charge in [0.25, 0.3) is 0 Å². The highest BCUT2D eigenvalue weighted by Crippen LogP contribution is 2.29. The molecule has 2 fully saturated rings. The van der Waals surface area contributed by atoms with Gasteiger partial charge in [-0.05, 0) is 30.3 Å². The number of nitrogens with zero attached hydrogens (tertiary/aromatic N) is 5. The molecule has 2 aliphatic heterocycles. The van der Waals surface area contributed by atoms with Crippen LogP contribution in [-0.4, -0.2) is 78.2 Å². The molecule has 176 valence electrons. The van der Waals surface area contributed by atoms with Crippen molar-refractivity contribution in [1.29, 1.82) is 0 Å². The van der Waals surface area contributed by atoms with E-state index in [1.165, 1.54) is 0 Å². The molecule has 0 aliphatic carbocycles. The second kappa shape index (κ2) is 12.2. The van der Waals surface area contributed by atoms with E-state index in [1.807, 2.05) is 47.4 Å². The summed E-state index contributed by atoms with van der Waals surface area (Å²) in [4.78, 5) is 9.16. The molecule has 11 heteroatoms. The number of ether oxygens (including phenoxy) is 1. The maximum Gasteiger partial charge on any atom is 0.159 e. The van der Waals surface area contributed by atoms with Crippen LogP contribution in [0.1, 0.15) is 0 Å². The van der Waals surface area contributed by atoms with E-state index in [4.69, 9.17) is 21.4 Å². The number of hydrogen-bond acceptors (Lipinski definition) is 6. The lowest BCUT2D eigenvalue weighted by atomic mass is 10.2. The molecule has 1 N–H and O–H groups in total. The second-order valence-electron chi connectivity index (χ2n) is 7.59. The third-order valence-corrected chi connectivity index (χ3v) is 5.90.